The summed E-state index contributed by atoms with van der Waals surface area (Å²) in [7, 11) is 0. The number of anilines is 1. The van der Waals surface area contributed by atoms with E-state index in [0.29, 0.717) is 10.7 Å². The van der Waals surface area contributed by atoms with Crippen molar-refractivity contribution >= 4 is 34.0 Å². The topological polar surface area (TPSA) is 42.0 Å². The van der Waals surface area contributed by atoms with Crippen LogP contribution < -0.4 is 5.32 Å². The zero-order valence-corrected chi connectivity index (χ0v) is 15.9. The van der Waals surface area contributed by atoms with Gasteiger partial charge in [0.15, 0.2) is 5.13 Å². The van der Waals surface area contributed by atoms with Gasteiger partial charge in [0.2, 0.25) is 0 Å². The van der Waals surface area contributed by atoms with E-state index < -0.39 is 0 Å². The van der Waals surface area contributed by atoms with E-state index >= 15 is 0 Å². The van der Waals surface area contributed by atoms with Gasteiger partial charge in [-0.05, 0) is 17.2 Å². The fraction of sp³-hybridized carbons (Fsp3) is 0. The number of benzene rings is 3. The molecule has 0 radical (unpaired) electrons. The number of nitrogens with zero attached hydrogens (tertiary/aromatic N) is 1. The van der Waals surface area contributed by atoms with Gasteiger partial charge < -0.3 is 0 Å². The lowest BCUT2D eigenvalue weighted by Crippen LogP contribution is -2.13. The van der Waals surface area contributed by atoms with Gasteiger partial charge in [0.1, 0.15) is 0 Å². The van der Waals surface area contributed by atoms with Crippen molar-refractivity contribution in [2.75, 3.05) is 5.32 Å². The molecule has 0 saturated heterocycles. The van der Waals surface area contributed by atoms with Gasteiger partial charge >= 0.3 is 0 Å². The number of carbonyl (C=O) groups is 1. The maximum Gasteiger partial charge on any atom is 0.258 e. The molecule has 28 heavy (non-hydrogen) atoms. The Morgan fingerprint density at radius 1 is 0.821 bits per heavy atom. The fourth-order valence-electron chi connectivity index (χ4n) is 2.85. The minimum atomic E-state index is -0.177. The summed E-state index contributed by atoms with van der Waals surface area (Å²) < 4.78 is 0. The molecule has 136 valence electrons. The summed E-state index contributed by atoms with van der Waals surface area (Å²) in [5.41, 5.74) is 4.32. The van der Waals surface area contributed by atoms with E-state index in [2.05, 4.69) is 10.3 Å². The van der Waals surface area contributed by atoms with Gasteiger partial charge in [-0.2, -0.15) is 0 Å². The molecule has 4 heteroatoms. The van der Waals surface area contributed by atoms with Gasteiger partial charge in [0.05, 0.1) is 5.69 Å². The molecule has 0 saturated carbocycles. The quantitative estimate of drug-likeness (QED) is 0.340. The maximum absolute atomic E-state index is 13.1. The second kappa shape index (κ2) is 8.46. The maximum atomic E-state index is 13.1. The minimum Gasteiger partial charge on any atom is -0.298 e. The molecular weight excluding hydrogens is 364 g/mol. The van der Waals surface area contributed by atoms with Gasteiger partial charge in [-0.15, -0.1) is 11.3 Å². The molecule has 1 N–H and O–H groups in total. The lowest BCUT2D eigenvalue weighted by atomic mass is 10.0. The van der Waals surface area contributed by atoms with Crippen molar-refractivity contribution in [2.24, 2.45) is 0 Å². The molecule has 3 nitrogen and oxygen atoms in total. The summed E-state index contributed by atoms with van der Waals surface area (Å²) in [4.78, 5) is 17.6. The van der Waals surface area contributed by atoms with Crippen LogP contribution in [0.3, 0.4) is 0 Å². The molecular formula is C24H18N2OS. The Morgan fingerprint density at radius 2 is 1.43 bits per heavy atom. The normalized spacial score (nSPS) is 11.2. The van der Waals surface area contributed by atoms with Crippen LogP contribution in [0, 0.1) is 0 Å². The molecule has 0 atom stereocenters. The van der Waals surface area contributed by atoms with Crippen molar-refractivity contribution in [1.82, 2.24) is 4.98 Å². The number of aromatic nitrogens is 1. The molecule has 0 fully saturated rings. The zero-order chi connectivity index (χ0) is 19.2. The van der Waals surface area contributed by atoms with E-state index in [4.69, 9.17) is 0 Å². The SMILES string of the molecule is O=C(Nc1nc(-c2ccccc2)cs1)/C(=C\c1ccccc1)c1ccccc1. The zero-order valence-electron chi connectivity index (χ0n) is 15.1. The highest BCUT2D eigenvalue weighted by Crippen LogP contribution is 2.26. The molecule has 0 bridgehead atoms. The first-order valence-corrected chi connectivity index (χ1v) is 9.82. The number of hydrogen-bond donors (Lipinski definition) is 1. The van der Waals surface area contributed by atoms with Gasteiger partial charge in [-0.3, -0.25) is 10.1 Å². The Kier molecular flexibility index (Phi) is 5.41. The monoisotopic (exact) mass is 382 g/mol. The van der Waals surface area contributed by atoms with Crippen LogP contribution in [-0.2, 0) is 4.79 Å². The Hall–Kier alpha value is -3.50. The van der Waals surface area contributed by atoms with Crippen molar-refractivity contribution in [1.29, 1.82) is 0 Å². The molecule has 4 rings (SSSR count). The largest absolute Gasteiger partial charge is 0.298 e. The van der Waals surface area contributed by atoms with Crippen LogP contribution in [-0.4, -0.2) is 10.9 Å². The molecule has 0 spiro atoms. The molecule has 1 aromatic heterocycles. The molecule has 0 aliphatic rings. The number of hydrogen-bond acceptors (Lipinski definition) is 3. The average molecular weight is 382 g/mol. The van der Waals surface area contributed by atoms with E-state index in [1.807, 2.05) is 102 Å². The Balaban J connectivity index is 1.62. The lowest BCUT2D eigenvalue weighted by Gasteiger charge is -2.08. The van der Waals surface area contributed by atoms with Gasteiger partial charge in [0, 0.05) is 16.5 Å². The highest BCUT2D eigenvalue weighted by molar-refractivity contribution is 7.14. The summed E-state index contributed by atoms with van der Waals surface area (Å²) in [5, 5.41) is 5.49. The van der Waals surface area contributed by atoms with E-state index in [1.165, 1.54) is 11.3 Å². The molecule has 0 aliphatic carbocycles. The third-order valence-electron chi connectivity index (χ3n) is 4.23. The standard InChI is InChI=1S/C24H18N2OS/c27-23(26-24-25-22(17-28-24)20-14-8-3-9-15-20)21(19-12-6-2-7-13-19)16-18-10-4-1-5-11-18/h1-17H,(H,25,26,27)/b21-16-. The molecule has 3 aromatic carbocycles. The predicted molar refractivity (Wildman–Crippen MR) is 117 cm³/mol. The number of thiazole rings is 1. The summed E-state index contributed by atoms with van der Waals surface area (Å²) >= 11 is 1.42. The van der Waals surface area contributed by atoms with Crippen molar-refractivity contribution < 1.29 is 4.79 Å². The van der Waals surface area contributed by atoms with Crippen molar-refractivity contribution in [3.8, 4) is 11.3 Å². The second-order valence-corrected chi connectivity index (χ2v) is 7.05. The van der Waals surface area contributed by atoms with Gasteiger partial charge in [-0.1, -0.05) is 91.0 Å². The van der Waals surface area contributed by atoms with E-state index in [1.54, 1.807) is 0 Å². The molecule has 1 amide bonds. The highest BCUT2D eigenvalue weighted by atomic mass is 32.1. The summed E-state index contributed by atoms with van der Waals surface area (Å²) in [6.07, 6.45) is 1.90. The van der Waals surface area contributed by atoms with Crippen LogP contribution in [0.4, 0.5) is 5.13 Å². The van der Waals surface area contributed by atoms with Crippen LogP contribution in [0.5, 0.6) is 0 Å². The molecule has 0 unspecified atom stereocenters. The minimum absolute atomic E-state index is 0.177. The third-order valence-corrected chi connectivity index (χ3v) is 4.99. The number of amides is 1. The number of nitrogens with one attached hydrogen (secondary N) is 1. The second-order valence-electron chi connectivity index (χ2n) is 6.19. The Morgan fingerprint density at radius 3 is 2.11 bits per heavy atom. The van der Waals surface area contributed by atoms with Crippen LogP contribution in [0.15, 0.2) is 96.4 Å². The smallest absolute Gasteiger partial charge is 0.258 e. The van der Waals surface area contributed by atoms with Crippen LogP contribution in [0.1, 0.15) is 11.1 Å². The summed E-state index contributed by atoms with van der Waals surface area (Å²) in [5.74, 6) is -0.177. The average Bonchev–Trinajstić information content (AvgIpc) is 3.22. The van der Waals surface area contributed by atoms with Crippen molar-refractivity contribution in [2.45, 2.75) is 0 Å². The lowest BCUT2D eigenvalue weighted by molar-refractivity contribution is -0.111. The first-order chi connectivity index (χ1) is 13.8. The van der Waals surface area contributed by atoms with E-state index in [0.717, 1.165) is 22.4 Å². The van der Waals surface area contributed by atoms with E-state index in [-0.39, 0.29) is 5.91 Å². The van der Waals surface area contributed by atoms with Gasteiger partial charge in [0.25, 0.3) is 5.91 Å². The molecule has 0 aliphatic heterocycles. The third kappa shape index (κ3) is 4.24. The highest BCUT2D eigenvalue weighted by Gasteiger charge is 2.14. The van der Waals surface area contributed by atoms with Crippen LogP contribution in [0.2, 0.25) is 0 Å². The molecule has 1 heterocycles. The Labute approximate surface area is 168 Å². The first kappa shape index (κ1) is 17.9. The van der Waals surface area contributed by atoms with E-state index in [9.17, 15) is 4.79 Å². The van der Waals surface area contributed by atoms with Crippen LogP contribution >= 0.6 is 11.3 Å². The summed E-state index contributed by atoms with van der Waals surface area (Å²) in [6.45, 7) is 0. The first-order valence-electron chi connectivity index (χ1n) is 8.94. The van der Waals surface area contributed by atoms with Crippen molar-refractivity contribution in [3.63, 3.8) is 0 Å². The number of carbonyl (C=O) groups excluding carboxylic acids is 1. The number of rotatable bonds is 5. The Bertz CT molecular complexity index is 1090. The van der Waals surface area contributed by atoms with Crippen molar-refractivity contribution in [3.05, 3.63) is 108 Å². The fourth-order valence-corrected chi connectivity index (χ4v) is 3.57. The molecule has 4 aromatic rings. The predicted octanol–water partition coefficient (Wildman–Crippen LogP) is 5.99. The van der Waals surface area contributed by atoms with Crippen LogP contribution in [0.25, 0.3) is 22.9 Å². The summed E-state index contributed by atoms with van der Waals surface area (Å²) in [6, 6.07) is 29.4. The van der Waals surface area contributed by atoms with Gasteiger partial charge in [-0.25, -0.2) is 4.98 Å².